The number of benzene rings is 1. The molecule has 0 aliphatic carbocycles. The van der Waals surface area contributed by atoms with Crippen LogP contribution < -0.4 is 9.47 Å². The van der Waals surface area contributed by atoms with Crippen LogP contribution in [0.15, 0.2) is 28.0 Å². The van der Waals surface area contributed by atoms with Gasteiger partial charge in [0.05, 0.1) is 29.5 Å². The summed E-state index contributed by atoms with van der Waals surface area (Å²) in [5, 5.41) is 4.21. The highest BCUT2D eigenvalue weighted by atomic mass is 32.2. The number of ether oxygens (including phenoxy) is 2. The fraction of sp³-hybridized carbons (Fsp3) is 0.550. The second-order valence-electron chi connectivity index (χ2n) is 7.94. The van der Waals surface area contributed by atoms with Crippen LogP contribution in [-0.4, -0.2) is 74.6 Å². The lowest BCUT2D eigenvalue weighted by Gasteiger charge is -2.22. The maximum atomic E-state index is 13.3. The van der Waals surface area contributed by atoms with Gasteiger partial charge in [0.2, 0.25) is 20.0 Å². The summed E-state index contributed by atoms with van der Waals surface area (Å²) in [4.78, 5) is 0.302. The molecule has 0 amide bonds. The number of aromatic nitrogens is 2. The Morgan fingerprint density at radius 2 is 1.47 bits per heavy atom. The van der Waals surface area contributed by atoms with E-state index in [-0.39, 0.29) is 36.0 Å². The monoisotopic (exact) mass is 484 g/mol. The molecule has 0 radical (unpaired) electrons. The van der Waals surface area contributed by atoms with Crippen molar-refractivity contribution in [3.8, 4) is 11.5 Å². The van der Waals surface area contributed by atoms with E-state index in [1.54, 1.807) is 31.6 Å². The van der Waals surface area contributed by atoms with Crippen molar-refractivity contribution in [1.82, 2.24) is 18.4 Å². The van der Waals surface area contributed by atoms with Gasteiger partial charge >= 0.3 is 0 Å². The molecule has 1 aromatic heterocycles. The van der Waals surface area contributed by atoms with E-state index in [4.69, 9.17) is 9.47 Å². The van der Waals surface area contributed by atoms with E-state index in [1.807, 2.05) is 0 Å². The minimum atomic E-state index is -3.82. The van der Waals surface area contributed by atoms with Crippen molar-refractivity contribution >= 4 is 20.0 Å². The largest absolute Gasteiger partial charge is 0.490 e. The zero-order valence-corrected chi connectivity index (χ0v) is 20.1. The molecule has 0 unspecified atom stereocenters. The molecular weight excluding hydrogens is 456 g/mol. The maximum Gasteiger partial charge on any atom is 0.246 e. The van der Waals surface area contributed by atoms with Crippen LogP contribution in [0.1, 0.15) is 24.2 Å². The Kier molecular flexibility index (Phi) is 6.23. The smallest absolute Gasteiger partial charge is 0.246 e. The first-order chi connectivity index (χ1) is 15.1. The lowest BCUT2D eigenvalue weighted by molar-refractivity contribution is 0.296. The van der Waals surface area contributed by atoms with Gasteiger partial charge in [-0.3, -0.25) is 4.68 Å². The van der Waals surface area contributed by atoms with Gasteiger partial charge in [0.25, 0.3) is 0 Å². The molecule has 1 fully saturated rings. The molecule has 0 spiro atoms. The summed E-state index contributed by atoms with van der Waals surface area (Å²) in [6.45, 7) is 4.96. The third-order valence-corrected chi connectivity index (χ3v) is 9.86. The normalized spacial score (nSPS) is 18.8. The predicted octanol–water partition coefficient (Wildman–Crippen LogP) is 1.28. The highest BCUT2D eigenvalue weighted by molar-refractivity contribution is 7.89. The van der Waals surface area contributed by atoms with E-state index >= 15 is 0 Å². The van der Waals surface area contributed by atoms with Crippen LogP contribution >= 0.6 is 0 Å². The molecule has 32 heavy (non-hydrogen) atoms. The third kappa shape index (κ3) is 4.12. The molecule has 3 heterocycles. The van der Waals surface area contributed by atoms with Crippen LogP contribution in [0.4, 0.5) is 0 Å². The second kappa shape index (κ2) is 8.65. The molecule has 2 aliphatic rings. The number of rotatable bonds is 4. The van der Waals surface area contributed by atoms with Gasteiger partial charge in [-0.15, -0.1) is 0 Å². The molecule has 176 valence electrons. The summed E-state index contributed by atoms with van der Waals surface area (Å²) in [6, 6.07) is 4.60. The van der Waals surface area contributed by atoms with Gasteiger partial charge in [-0.1, -0.05) is 0 Å². The minimum absolute atomic E-state index is 0.0639. The van der Waals surface area contributed by atoms with Crippen LogP contribution in [0.2, 0.25) is 0 Å². The molecule has 2 aliphatic heterocycles. The van der Waals surface area contributed by atoms with Gasteiger partial charge in [0, 0.05) is 45.7 Å². The summed E-state index contributed by atoms with van der Waals surface area (Å²) < 4.78 is 68.6. The minimum Gasteiger partial charge on any atom is -0.490 e. The van der Waals surface area contributed by atoms with Crippen molar-refractivity contribution < 1.29 is 26.3 Å². The molecule has 10 nitrogen and oxygen atoms in total. The summed E-state index contributed by atoms with van der Waals surface area (Å²) in [7, 11) is -5.90. The summed E-state index contributed by atoms with van der Waals surface area (Å²) >= 11 is 0. The maximum absolute atomic E-state index is 13.3. The average Bonchev–Trinajstić information content (AvgIpc) is 3.01. The van der Waals surface area contributed by atoms with E-state index < -0.39 is 20.0 Å². The topological polar surface area (TPSA) is 111 Å². The van der Waals surface area contributed by atoms with Gasteiger partial charge in [-0.25, -0.2) is 16.8 Å². The van der Waals surface area contributed by atoms with Gasteiger partial charge in [-0.2, -0.15) is 13.7 Å². The summed E-state index contributed by atoms with van der Waals surface area (Å²) in [5.74, 6) is 0.932. The number of hydrogen-bond acceptors (Lipinski definition) is 7. The Hall–Kier alpha value is -2.15. The molecule has 0 saturated carbocycles. The van der Waals surface area contributed by atoms with E-state index in [0.717, 1.165) is 6.42 Å². The van der Waals surface area contributed by atoms with Gasteiger partial charge in [0.15, 0.2) is 11.5 Å². The first kappa shape index (κ1) is 23.0. The van der Waals surface area contributed by atoms with Crippen LogP contribution in [-0.2, 0) is 27.1 Å². The van der Waals surface area contributed by atoms with Crippen LogP contribution in [0, 0.1) is 13.8 Å². The molecule has 2 aromatic rings. The quantitative estimate of drug-likeness (QED) is 0.643. The standard InChI is InChI=1S/C20H28N4O6S2/c1-15-20(16(2)22(3)21-15)32(27,28)24-9-4-8-23(10-11-24)31(25,26)17-6-7-18-19(14-17)30-13-5-12-29-18/h6-7,14H,4-5,8-13H2,1-3H3. The van der Waals surface area contributed by atoms with E-state index in [9.17, 15) is 16.8 Å². The van der Waals surface area contributed by atoms with Crippen molar-refractivity contribution in [1.29, 1.82) is 0 Å². The lowest BCUT2D eigenvalue weighted by Crippen LogP contribution is -2.37. The SMILES string of the molecule is Cc1nn(C)c(C)c1S(=O)(=O)N1CCCN(S(=O)(=O)c2ccc3c(c2)OCCCO3)CC1. The number of nitrogens with zero attached hydrogens (tertiary/aromatic N) is 4. The summed E-state index contributed by atoms with van der Waals surface area (Å²) in [6.07, 6.45) is 1.12. The van der Waals surface area contributed by atoms with Crippen LogP contribution in [0.5, 0.6) is 11.5 Å². The van der Waals surface area contributed by atoms with Crippen molar-refractivity contribution in [2.45, 2.75) is 36.5 Å². The Labute approximate surface area is 188 Å². The number of sulfonamides is 2. The van der Waals surface area contributed by atoms with E-state index in [0.29, 0.717) is 42.5 Å². The molecule has 1 saturated heterocycles. The van der Waals surface area contributed by atoms with E-state index in [1.165, 1.54) is 20.7 Å². The Bertz CT molecular complexity index is 1220. The second-order valence-corrected chi connectivity index (χ2v) is 11.8. The van der Waals surface area contributed by atoms with Gasteiger partial charge < -0.3 is 9.47 Å². The molecule has 4 rings (SSSR count). The summed E-state index contributed by atoms with van der Waals surface area (Å²) in [5.41, 5.74) is 0.995. The number of aryl methyl sites for hydroxylation is 2. The highest BCUT2D eigenvalue weighted by Gasteiger charge is 2.34. The Balaban J connectivity index is 1.56. The molecule has 0 bridgehead atoms. The van der Waals surface area contributed by atoms with Gasteiger partial charge in [-0.05, 0) is 32.4 Å². The van der Waals surface area contributed by atoms with Crippen molar-refractivity contribution in [3.05, 3.63) is 29.6 Å². The lowest BCUT2D eigenvalue weighted by atomic mass is 10.3. The first-order valence-electron chi connectivity index (χ1n) is 10.5. The fourth-order valence-electron chi connectivity index (χ4n) is 4.06. The van der Waals surface area contributed by atoms with Gasteiger partial charge in [0.1, 0.15) is 4.90 Å². The van der Waals surface area contributed by atoms with Crippen LogP contribution in [0.25, 0.3) is 0 Å². The zero-order valence-electron chi connectivity index (χ0n) is 18.4. The highest BCUT2D eigenvalue weighted by Crippen LogP contribution is 2.33. The molecule has 0 atom stereocenters. The number of fused-ring (bicyclic) bond motifs is 1. The third-order valence-electron chi connectivity index (χ3n) is 5.81. The predicted molar refractivity (Wildman–Crippen MR) is 117 cm³/mol. The molecular formula is C20H28N4O6S2. The fourth-order valence-corrected chi connectivity index (χ4v) is 7.42. The Morgan fingerprint density at radius 1 is 0.844 bits per heavy atom. The van der Waals surface area contributed by atoms with Crippen molar-refractivity contribution in [3.63, 3.8) is 0 Å². The molecule has 0 N–H and O–H groups in total. The van der Waals surface area contributed by atoms with E-state index in [2.05, 4.69) is 5.10 Å². The number of hydrogen-bond donors (Lipinski definition) is 0. The zero-order chi connectivity index (χ0) is 23.1. The molecule has 12 heteroatoms. The van der Waals surface area contributed by atoms with Crippen molar-refractivity contribution in [2.75, 3.05) is 39.4 Å². The van der Waals surface area contributed by atoms with Crippen LogP contribution in [0.3, 0.4) is 0 Å². The first-order valence-corrected chi connectivity index (χ1v) is 13.4. The average molecular weight is 485 g/mol. The van der Waals surface area contributed by atoms with Crippen molar-refractivity contribution in [2.24, 2.45) is 7.05 Å². The Morgan fingerprint density at radius 3 is 2.09 bits per heavy atom. The molecule has 1 aromatic carbocycles.